The summed E-state index contributed by atoms with van der Waals surface area (Å²) in [5.74, 6) is -0.0662. The van der Waals surface area contributed by atoms with Crippen LogP contribution in [0.1, 0.15) is 33.7 Å². The number of aryl methyl sites for hydroxylation is 1. The summed E-state index contributed by atoms with van der Waals surface area (Å²) in [6.45, 7) is 2.07. The molecule has 0 fully saturated rings. The number of nitrogens with zero attached hydrogens (tertiary/aromatic N) is 2. The van der Waals surface area contributed by atoms with Gasteiger partial charge in [0, 0.05) is 21.4 Å². The molecule has 1 amide bonds. The van der Waals surface area contributed by atoms with Crippen LogP contribution in [-0.2, 0) is 22.6 Å². The topological polar surface area (TPSA) is 81.2 Å². The number of thioether (sulfide) groups is 1. The normalized spacial score (nSPS) is 10.6. The highest BCUT2D eigenvalue weighted by atomic mass is 35.5. The highest BCUT2D eigenvalue weighted by molar-refractivity contribution is 7.99. The lowest BCUT2D eigenvalue weighted by Gasteiger charge is -2.04. The number of benzene rings is 2. The predicted molar refractivity (Wildman–Crippen MR) is 120 cm³/mol. The van der Waals surface area contributed by atoms with Crippen LogP contribution in [0.3, 0.4) is 0 Å². The quantitative estimate of drug-likeness (QED) is 0.347. The average molecular weight is 462 g/mol. The van der Waals surface area contributed by atoms with Crippen LogP contribution in [0.4, 0.5) is 5.69 Å². The molecule has 3 rings (SSSR count). The summed E-state index contributed by atoms with van der Waals surface area (Å²) in [6.07, 6.45) is 1.21. The molecule has 156 valence electrons. The van der Waals surface area contributed by atoms with E-state index in [-0.39, 0.29) is 29.9 Å². The van der Waals surface area contributed by atoms with Gasteiger partial charge in [-0.25, -0.2) is 0 Å². The van der Waals surface area contributed by atoms with Crippen molar-refractivity contribution in [2.45, 2.75) is 31.3 Å². The first-order valence-corrected chi connectivity index (χ1v) is 11.5. The van der Waals surface area contributed by atoms with Gasteiger partial charge in [0.1, 0.15) is 6.61 Å². The number of carbonyl (C=O) groups excluding carboxylic acids is 2. The van der Waals surface area contributed by atoms with Gasteiger partial charge in [-0.15, -0.1) is 22.0 Å². The number of anilines is 1. The van der Waals surface area contributed by atoms with Gasteiger partial charge in [0.2, 0.25) is 5.01 Å². The molecule has 2 aromatic carbocycles. The number of rotatable bonds is 9. The smallest absolute Gasteiger partial charge is 0.307 e. The van der Waals surface area contributed by atoms with Crippen LogP contribution in [0.5, 0.6) is 0 Å². The van der Waals surface area contributed by atoms with Crippen molar-refractivity contribution in [3.63, 3.8) is 0 Å². The number of aromatic nitrogens is 2. The molecule has 0 spiro atoms. The van der Waals surface area contributed by atoms with Crippen molar-refractivity contribution in [2.24, 2.45) is 0 Å². The van der Waals surface area contributed by atoms with Gasteiger partial charge < -0.3 is 10.1 Å². The van der Waals surface area contributed by atoms with Crippen molar-refractivity contribution in [3.05, 3.63) is 69.1 Å². The summed E-state index contributed by atoms with van der Waals surface area (Å²) in [5, 5.41) is 12.0. The molecular formula is C21H20ClN3O3S2. The number of hydrogen-bond acceptors (Lipinski definition) is 7. The number of hydrogen-bond donors (Lipinski definition) is 1. The first-order chi connectivity index (χ1) is 14.5. The van der Waals surface area contributed by atoms with E-state index in [9.17, 15) is 9.59 Å². The molecular weight excluding hydrogens is 442 g/mol. The fraction of sp³-hybridized carbons (Fsp3) is 0.238. The zero-order valence-electron chi connectivity index (χ0n) is 16.3. The summed E-state index contributed by atoms with van der Waals surface area (Å²) in [4.78, 5) is 25.2. The van der Waals surface area contributed by atoms with Crippen molar-refractivity contribution in [2.75, 3.05) is 11.1 Å². The summed E-state index contributed by atoms with van der Waals surface area (Å²) in [5.41, 5.74) is 1.89. The summed E-state index contributed by atoms with van der Waals surface area (Å²) >= 11 is 8.51. The number of halogens is 1. The van der Waals surface area contributed by atoms with Gasteiger partial charge in [-0.05, 0) is 48.4 Å². The second-order valence-corrected chi connectivity index (χ2v) is 8.89. The van der Waals surface area contributed by atoms with Crippen LogP contribution in [0, 0.1) is 0 Å². The monoisotopic (exact) mass is 461 g/mol. The summed E-state index contributed by atoms with van der Waals surface area (Å²) in [6, 6.07) is 15.1. The fourth-order valence-corrected chi connectivity index (χ4v) is 4.02. The Morgan fingerprint density at radius 2 is 1.83 bits per heavy atom. The van der Waals surface area contributed by atoms with E-state index in [1.54, 1.807) is 11.8 Å². The van der Waals surface area contributed by atoms with Crippen LogP contribution in [0.2, 0.25) is 5.02 Å². The molecule has 0 unspecified atom stereocenters. The minimum absolute atomic E-state index is 0.000584. The maximum atomic E-state index is 12.3. The van der Waals surface area contributed by atoms with E-state index in [0.29, 0.717) is 21.5 Å². The summed E-state index contributed by atoms with van der Waals surface area (Å²) in [7, 11) is 0. The van der Waals surface area contributed by atoms with E-state index in [2.05, 4.69) is 22.4 Å². The van der Waals surface area contributed by atoms with Crippen molar-refractivity contribution in [3.8, 4) is 0 Å². The lowest BCUT2D eigenvalue weighted by molar-refractivity contribution is -0.144. The van der Waals surface area contributed by atoms with E-state index < -0.39 is 0 Å². The first kappa shape index (κ1) is 22.3. The SMILES string of the molecule is CCc1ccc(NC(=O)c2nnc(COC(=O)CCSc3ccc(Cl)cc3)s2)cc1. The number of nitrogens with one attached hydrogen (secondary N) is 1. The number of amides is 1. The Morgan fingerprint density at radius 1 is 1.10 bits per heavy atom. The maximum Gasteiger partial charge on any atom is 0.307 e. The van der Waals surface area contributed by atoms with Crippen molar-refractivity contribution in [1.82, 2.24) is 10.2 Å². The Balaban J connectivity index is 1.41. The Labute approximate surface area is 188 Å². The average Bonchev–Trinajstić information content (AvgIpc) is 3.23. The van der Waals surface area contributed by atoms with Gasteiger partial charge in [-0.1, -0.05) is 42.0 Å². The molecule has 0 atom stereocenters. The molecule has 0 saturated carbocycles. The second kappa shape index (κ2) is 11.1. The molecule has 6 nitrogen and oxygen atoms in total. The maximum absolute atomic E-state index is 12.3. The standard InChI is InChI=1S/C21H20ClN3O3S2/c1-2-14-3-7-16(8-4-14)23-20(27)21-25-24-18(30-21)13-28-19(26)11-12-29-17-9-5-15(22)6-10-17/h3-10H,2,11-13H2,1H3,(H,23,27). The van der Waals surface area contributed by atoms with E-state index in [1.807, 2.05) is 48.5 Å². The number of esters is 1. The Hall–Kier alpha value is -2.42. The van der Waals surface area contributed by atoms with Crippen molar-refractivity contribution < 1.29 is 14.3 Å². The minimum Gasteiger partial charge on any atom is -0.458 e. The van der Waals surface area contributed by atoms with E-state index in [4.69, 9.17) is 16.3 Å². The fourth-order valence-electron chi connectivity index (χ4n) is 2.41. The van der Waals surface area contributed by atoms with Crippen LogP contribution < -0.4 is 5.32 Å². The molecule has 1 aromatic heterocycles. The van der Waals surface area contributed by atoms with E-state index in [1.165, 1.54) is 5.56 Å². The Morgan fingerprint density at radius 3 is 2.53 bits per heavy atom. The summed E-state index contributed by atoms with van der Waals surface area (Å²) < 4.78 is 5.22. The Bertz CT molecular complexity index is 991. The highest BCUT2D eigenvalue weighted by Crippen LogP contribution is 2.21. The van der Waals surface area contributed by atoms with Gasteiger partial charge in [-0.3, -0.25) is 9.59 Å². The van der Waals surface area contributed by atoms with Crippen LogP contribution >= 0.6 is 34.7 Å². The van der Waals surface area contributed by atoms with E-state index in [0.717, 1.165) is 22.7 Å². The lowest BCUT2D eigenvalue weighted by atomic mass is 10.1. The van der Waals surface area contributed by atoms with Crippen LogP contribution in [-0.4, -0.2) is 27.8 Å². The Kier molecular flexibility index (Phi) is 8.24. The third-order valence-corrected chi connectivity index (χ3v) is 6.19. The molecule has 30 heavy (non-hydrogen) atoms. The molecule has 3 aromatic rings. The molecule has 9 heteroatoms. The van der Waals surface area contributed by atoms with Gasteiger partial charge in [-0.2, -0.15) is 0 Å². The van der Waals surface area contributed by atoms with Crippen molar-refractivity contribution >= 4 is 52.3 Å². The molecule has 1 N–H and O–H groups in total. The molecule has 1 heterocycles. The first-order valence-electron chi connectivity index (χ1n) is 9.30. The highest BCUT2D eigenvalue weighted by Gasteiger charge is 2.14. The van der Waals surface area contributed by atoms with Crippen molar-refractivity contribution in [1.29, 1.82) is 0 Å². The molecule has 0 aliphatic heterocycles. The molecule has 0 saturated heterocycles. The van der Waals surface area contributed by atoms with Gasteiger partial charge in [0.15, 0.2) is 5.01 Å². The molecule has 0 bridgehead atoms. The zero-order chi connectivity index (χ0) is 21.3. The van der Waals surface area contributed by atoms with Crippen LogP contribution in [0.25, 0.3) is 0 Å². The molecule has 0 radical (unpaired) electrons. The van der Waals surface area contributed by atoms with Gasteiger partial charge in [0.25, 0.3) is 5.91 Å². The largest absolute Gasteiger partial charge is 0.458 e. The van der Waals surface area contributed by atoms with Gasteiger partial charge in [0.05, 0.1) is 6.42 Å². The second-order valence-electron chi connectivity index (χ2n) is 6.22. The third kappa shape index (κ3) is 6.83. The predicted octanol–water partition coefficient (Wildman–Crippen LogP) is 5.23. The number of ether oxygens (including phenoxy) is 1. The zero-order valence-corrected chi connectivity index (χ0v) is 18.6. The third-order valence-electron chi connectivity index (χ3n) is 4.03. The van der Waals surface area contributed by atoms with Crippen LogP contribution in [0.15, 0.2) is 53.4 Å². The molecule has 0 aliphatic rings. The van der Waals surface area contributed by atoms with Gasteiger partial charge >= 0.3 is 5.97 Å². The number of carbonyl (C=O) groups is 2. The minimum atomic E-state index is -0.339. The van der Waals surface area contributed by atoms with E-state index >= 15 is 0 Å². The lowest BCUT2D eigenvalue weighted by Crippen LogP contribution is -2.11. The molecule has 0 aliphatic carbocycles.